The molecule has 2 aromatic heterocycles. The van der Waals surface area contributed by atoms with Crippen LogP contribution in [0.25, 0.3) is 11.0 Å². The van der Waals surface area contributed by atoms with Crippen molar-refractivity contribution in [3.63, 3.8) is 0 Å². The van der Waals surface area contributed by atoms with Crippen molar-refractivity contribution in [1.82, 2.24) is 19.7 Å². The number of halogens is 1. The zero-order chi connectivity index (χ0) is 20.6. The van der Waals surface area contributed by atoms with Crippen molar-refractivity contribution in [2.24, 2.45) is 5.92 Å². The summed E-state index contributed by atoms with van der Waals surface area (Å²) in [6.07, 6.45) is 4.43. The van der Waals surface area contributed by atoms with Crippen molar-refractivity contribution >= 4 is 28.7 Å². The van der Waals surface area contributed by atoms with Gasteiger partial charge in [-0.3, -0.25) is 0 Å². The average molecular weight is 423 g/mol. The Balaban J connectivity index is 1.39. The fourth-order valence-corrected chi connectivity index (χ4v) is 3.74. The Labute approximate surface area is 175 Å². The molecular formula is C20H27ClN4O4. The van der Waals surface area contributed by atoms with Crippen molar-refractivity contribution in [2.45, 2.75) is 51.9 Å². The number of amides is 1. The molecule has 4 heterocycles. The number of pyridine rings is 1. The van der Waals surface area contributed by atoms with Gasteiger partial charge in [-0.1, -0.05) is 11.6 Å². The Kier molecular flexibility index (Phi) is 5.57. The van der Waals surface area contributed by atoms with E-state index < -0.39 is 5.60 Å². The summed E-state index contributed by atoms with van der Waals surface area (Å²) >= 11 is 6.24. The minimum atomic E-state index is -0.486. The molecule has 0 bridgehead atoms. The van der Waals surface area contributed by atoms with Crippen LogP contribution >= 0.6 is 11.6 Å². The van der Waals surface area contributed by atoms with Crippen LogP contribution in [0.15, 0.2) is 12.3 Å². The van der Waals surface area contributed by atoms with Crippen LogP contribution in [0, 0.1) is 5.92 Å². The van der Waals surface area contributed by atoms with Crippen LogP contribution in [0.5, 0.6) is 5.75 Å². The maximum Gasteiger partial charge on any atom is 0.410 e. The van der Waals surface area contributed by atoms with Crippen molar-refractivity contribution in [1.29, 1.82) is 0 Å². The Morgan fingerprint density at radius 2 is 2.14 bits per heavy atom. The highest BCUT2D eigenvalue weighted by Gasteiger charge is 2.34. The van der Waals surface area contributed by atoms with Crippen molar-refractivity contribution in [2.75, 3.05) is 26.3 Å². The van der Waals surface area contributed by atoms with Crippen LogP contribution in [0.3, 0.4) is 0 Å². The highest BCUT2D eigenvalue weighted by molar-refractivity contribution is 6.30. The Morgan fingerprint density at radius 3 is 2.83 bits per heavy atom. The van der Waals surface area contributed by atoms with Gasteiger partial charge in [-0.25, -0.2) is 14.5 Å². The third-order valence-electron chi connectivity index (χ3n) is 5.01. The van der Waals surface area contributed by atoms with Gasteiger partial charge in [-0.2, -0.15) is 5.10 Å². The Bertz CT molecular complexity index is 882. The van der Waals surface area contributed by atoms with Crippen LogP contribution in [0.4, 0.5) is 4.79 Å². The minimum absolute atomic E-state index is 0.117. The number of carbonyl (C=O) groups is 1. The SMILES string of the molecule is CC(C)(C)OC(=O)N1CC(COc2cc(Cl)nc3c2cnn3C2CCCCO2)C1. The highest BCUT2D eigenvalue weighted by atomic mass is 35.5. The summed E-state index contributed by atoms with van der Waals surface area (Å²) in [4.78, 5) is 18.2. The maximum absolute atomic E-state index is 12.0. The van der Waals surface area contributed by atoms with E-state index in [0.717, 1.165) is 31.3 Å². The van der Waals surface area contributed by atoms with E-state index in [2.05, 4.69) is 10.1 Å². The molecular weight excluding hydrogens is 396 g/mol. The second kappa shape index (κ2) is 7.99. The zero-order valence-corrected chi connectivity index (χ0v) is 17.8. The second-order valence-corrected chi connectivity index (χ2v) is 9.04. The van der Waals surface area contributed by atoms with Crippen LogP contribution in [0.2, 0.25) is 5.15 Å². The van der Waals surface area contributed by atoms with E-state index in [-0.39, 0.29) is 18.2 Å². The fraction of sp³-hybridized carbons (Fsp3) is 0.650. The van der Waals surface area contributed by atoms with E-state index in [9.17, 15) is 4.79 Å². The van der Waals surface area contributed by atoms with E-state index in [0.29, 0.717) is 36.2 Å². The van der Waals surface area contributed by atoms with E-state index in [4.69, 9.17) is 25.8 Å². The lowest BCUT2D eigenvalue weighted by atomic mass is 10.0. The molecule has 9 heteroatoms. The molecule has 29 heavy (non-hydrogen) atoms. The lowest BCUT2D eigenvalue weighted by Crippen LogP contribution is -2.53. The zero-order valence-electron chi connectivity index (χ0n) is 17.1. The molecule has 1 amide bonds. The van der Waals surface area contributed by atoms with Gasteiger partial charge in [0.05, 0.1) is 18.2 Å². The molecule has 2 aromatic rings. The molecule has 2 aliphatic rings. The number of hydrogen-bond donors (Lipinski definition) is 0. The first-order valence-corrected chi connectivity index (χ1v) is 10.4. The topological polar surface area (TPSA) is 78.7 Å². The van der Waals surface area contributed by atoms with E-state index in [1.54, 1.807) is 21.8 Å². The Hall–Kier alpha value is -2.06. The first-order valence-electron chi connectivity index (χ1n) is 10.1. The number of likely N-dealkylation sites (tertiary alicyclic amines) is 1. The van der Waals surface area contributed by atoms with Gasteiger partial charge in [0.1, 0.15) is 16.5 Å². The smallest absolute Gasteiger partial charge is 0.410 e. The number of carbonyl (C=O) groups excluding carboxylic acids is 1. The number of ether oxygens (including phenoxy) is 3. The molecule has 0 saturated carbocycles. The maximum atomic E-state index is 12.0. The summed E-state index contributed by atoms with van der Waals surface area (Å²) in [6, 6.07) is 1.71. The fourth-order valence-electron chi connectivity index (χ4n) is 3.57. The van der Waals surface area contributed by atoms with Gasteiger partial charge in [0.15, 0.2) is 11.9 Å². The molecule has 0 aromatic carbocycles. The summed E-state index contributed by atoms with van der Waals surface area (Å²) < 4.78 is 19.0. The van der Waals surface area contributed by atoms with E-state index in [1.807, 2.05) is 20.8 Å². The van der Waals surface area contributed by atoms with E-state index in [1.165, 1.54) is 0 Å². The molecule has 8 nitrogen and oxygen atoms in total. The van der Waals surface area contributed by atoms with Gasteiger partial charge in [0.2, 0.25) is 0 Å². The van der Waals surface area contributed by atoms with Crippen LogP contribution in [-0.4, -0.2) is 57.7 Å². The number of rotatable bonds is 4. The molecule has 4 rings (SSSR count). The predicted molar refractivity (Wildman–Crippen MR) is 108 cm³/mol. The lowest BCUT2D eigenvalue weighted by Gasteiger charge is -2.39. The molecule has 2 saturated heterocycles. The molecule has 2 aliphatic heterocycles. The molecule has 1 unspecified atom stereocenters. The average Bonchev–Trinajstić information content (AvgIpc) is 3.03. The number of hydrogen-bond acceptors (Lipinski definition) is 6. The number of aromatic nitrogens is 3. The number of fused-ring (bicyclic) bond motifs is 1. The van der Waals surface area contributed by atoms with Gasteiger partial charge in [-0.05, 0) is 40.0 Å². The van der Waals surface area contributed by atoms with Crippen LogP contribution in [0.1, 0.15) is 46.3 Å². The van der Waals surface area contributed by atoms with Gasteiger partial charge < -0.3 is 19.1 Å². The predicted octanol–water partition coefficient (Wildman–Crippen LogP) is 4.03. The highest BCUT2D eigenvalue weighted by Crippen LogP contribution is 2.32. The summed E-state index contributed by atoms with van der Waals surface area (Å²) in [5.74, 6) is 0.902. The first kappa shape index (κ1) is 20.2. The largest absolute Gasteiger partial charge is 0.492 e. The number of nitrogens with zero attached hydrogens (tertiary/aromatic N) is 4. The monoisotopic (exact) mass is 422 g/mol. The molecule has 158 valence electrons. The van der Waals surface area contributed by atoms with Gasteiger partial charge >= 0.3 is 6.09 Å². The molecule has 0 aliphatic carbocycles. The first-order chi connectivity index (χ1) is 13.8. The standard InChI is InChI=1S/C20H27ClN4O4/c1-20(2,3)29-19(26)24-10-13(11-24)12-28-15-8-16(21)23-18-14(15)9-22-25(18)17-6-4-5-7-27-17/h8-9,13,17H,4-7,10-12H2,1-3H3. The normalized spacial score (nSPS) is 20.6. The molecule has 0 N–H and O–H groups in total. The molecule has 2 fully saturated rings. The molecule has 1 atom stereocenters. The summed E-state index contributed by atoms with van der Waals surface area (Å²) in [5.41, 5.74) is 0.184. The lowest BCUT2D eigenvalue weighted by molar-refractivity contribution is -0.0370. The second-order valence-electron chi connectivity index (χ2n) is 8.65. The van der Waals surface area contributed by atoms with Crippen molar-refractivity contribution in [3.8, 4) is 5.75 Å². The van der Waals surface area contributed by atoms with Crippen molar-refractivity contribution in [3.05, 3.63) is 17.4 Å². The summed E-state index contributed by atoms with van der Waals surface area (Å²) in [7, 11) is 0. The minimum Gasteiger partial charge on any atom is -0.492 e. The molecule has 0 radical (unpaired) electrons. The van der Waals surface area contributed by atoms with Crippen molar-refractivity contribution < 1.29 is 19.0 Å². The van der Waals surface area contributed by atoms with Gasteiger partial charge in [0.25, 0.3) is 0 Å². The van der Waals surface area contributed by atoms with Crippen LogP contribution < -0.4 is 4.74 Å². The van der Waals surface area contributed by atoms with Gasteiger partial charge in [0, 0.05) is 31.7 Å². The summed E-state index contributed by atoms with van der Waals surface area (Å²) in [6.45, 7) is 8.04. The Morgan fingerprint density at radius 1 is 1.34 bits per heavy atom. The summed E-state index contributed by atoms with van der Waals surface area (Å²) in [5, 5.41) is 5.64. The molecule has 0 spiro atoms. The van der Waals surface area contributed by atoms with Gasteiger partial charge in [-0.15, -0.1) is 0 Å². The third-order valence-corrected chi connectivity index (χ3v) is 5.20. The van der Waals surface area contributed by atoms with Crippen LogP contribution in [-0.2, 0) is 9.47 Å². The van der Waals surface area contributed by atoms with E-state index >= 15 is 0 Å². The third kappa shape index (κ3) is 4.59. The quantitative estimate of drug-likeness (QED) is 0.692.